The number of nitrogens with zero attached hydrogens (tertiary/aromatic N) is 2. The maximum atomic E-state index is 13.7. The van der Waals surface area contributed by atoms with E-state index >= 15 is 0 Å². The topological polar surface area (TPSA) is 93.9 Å². The van der Waals surface area contributed by atoms with Gasteiger partial charge in [-0.2, -0.15) is 0 Å². The highest BCUT2D eigenvalue weighted by Gasteiger charge is 2.72. The molecule has 0 saturated carbocycles. The van der Waals surface area contributed by atoms with Crippen molar-refractivity contribution < 1.29 is 19.2 Å². The van der Waals surface area contributed by atoms with Gasteiger partial charge in [0.2, 0.25) is 6.04 Å². The summed E-state index contributed by atoms with van der Waals surface area (Å²) in [6.07, 6.45) is 1.50. The van der Waals surface area contributed by atoms with Gasteiger partial charge in [0.05, 0.1) is 26.2 Å². The molecule has 0 bridgehead atoms. The van der Waals surface area contributed by atoms with Gasteiger partial charge >= 0.3 is 0 Å². The van der Waals surface area contributed by atoms with Crippen LogP contribution in [0.1, 0.15) is 29.9 Å². The molecule has 2 saturated heterocycles. The summed E-state index contributed by atoms with van der Waals surface area (Å²) in [5.74, 6) is -0.00156. The Morgan fingerprint density at radius 3 is 2.50 bits per heavy atom. The van der Waals surface area contributed by atoms with Crippen molar-refractivity contribution in [3.05, 3.63) is 63.7 Å². The van der Waals surface area contributed by atoms with E-state index in [4.69, 9.17) is 9.47 Å². The number of para-hydroxylation sites is 1. The van der Waals surface area contributed by atoms with Crippen LogP contribution in [-0.2, 0) is 10.3 Å². The zero-order chi connectivity index (χ0) is 21.0. The Bertz CT molecular complexity index is 1020. The molecule has 0 aliphatic carbocycles. The van der Waals surface area contributed by atoms with Gasteiger partial charge in [-0.1, -0.05) is 24.3 Å². The van der Waals surface area contributed by atoms with Gasteiger partial charge in [0.15, 0.2) is 0 Å². The predicted octanol–water partition coefficient (Wildman–Crippen LogP) is 2.76. The van der Waals surface area contributed by atoms with Gasteiger partial charge in [-0.05, 0) is 31.0 Å². The smallest absolute Gasteiger partial charge is 0.250 e. The number of rotatable bonds is 4. The number of nitrogens with one attached hydrogen (secondary N) is 1. The van der Waals surface area contributed by atoms with E-state index in [0.29, 0.717) is 35.7 Å². The summed E-state index contributed by atoms with van der Waals surface area (Å²) in [6.45, 7) is 0.630. The highest BCUT2D eigenvalue weighted by atomic mass is 16.6. The Labute approximate surface area is 173 Å². The third kappa shape index (κ3) is 2.22. The minimum Gasteiger partial charge on any atom is -0.496 e. The monoisotopic (exact) mass is 409 g/mol. The quantitative estimate of drug-likeness (QED) is 0.617. The number of amides is 1. The number of fused-ring (bicyclic) bond motifs is 4. The number of hydrogen-bond acceptors (Lipinski definition) is 6. The molecule has 2 aromatic carbocycles. The van der Waals surface area contributed by atoms with E-state index in [9.17, 15) is 14.9 Å². The molecular weight excluding hydrogens is 386 g/mol. The van der Waals surface area contributed by atoms with Crippen LogP contribution in [0.3, 0.4) is 0 Å². The summed E-state index contributed by atoms with van der Waals surface area (Å²) < 4.78 is 11.2. The Balaban J connectivity index is 1.86. The average molecular weight is 409 g/mol. The van der Waals surface area contributed by atoms with E-state index in [1.165, 1.54) is 14.2 Å². The van der Waals surface area contributed by atoms with Gasteiger partial charge in [0.1, 0.15) is 17.0 Å². The van der Waals surface area contributed by atoms with E-state index < -0.39 is 17.5 Å². The van der Waals surface area contributed by atoms with Crippen LogP contribution in [0, 0.1) is 10.1 Å². The fraction of sp³-hybridized carbons (Fsp3) is 0.409. The zero-order valence-corrected chi connectivity index (χ0v) is 16.8. The number of ether oxygens (including phenoxy) is 2. The SMILES string of the molecule is COc1cccc(OC)c1[C@H]1[C@H]([N+](=O)[O-])C2CCCN2[C@@]12C(=O)Nc1ccccc12. The molecule has 2 fully saturated rings. The number of hydrogen-bond donors (Lipinski definition) is 1. The van der Waals surface area contributed by atoms with Gasteiger partial charge in [-0.3, -0.25) is 19.8 Å². The largest absolute Gasteiger partial charge is 0.496 e. The second-order valence-electron chi connectivity index (χ2n) is 8.00. The first-order valence-corrected chi connectivity index (χ1v) is 10.1. The van der Waals surface area contributed by atoms with Crippen molar-refractivity contribution >= 4 is 11.6 Å². The fourth-order valence-electron chi connectivity index (χ4n) is 5.92. The third-order valence-electron chi connectivity index (χ3n) is 6.89. The third-order valence-corrected chi connectivity index (χ3v) is 6.89. The summed E-state index contributed by atoms with van der Waals surface area (Å²) in [5, 5.41) is 15.4. The highest BCUT2D eigenvalue weighted by molar-refractivity contribution is 6.07. The summed E-state index contributed by atoms with van der Waals surface area (Å²) in [6, 6.07) is 11.5. The number of carbonyl (C=O) groups excluding carboxylic acids is 1. The highest BCUT2D eigenvalue weighted by Crippen LogP contribution is 2.61. The average Bonchev–Trinajstić information content (AvgIpc) is 3.40. The molecule has 1 unspecified atom stereocenters. The van der Waals surface area contributed by atoms with Crippen LogP contribution in [-0.4, -0.2) is 48.6 Å². The van der Waals surface area contributed by atoms with Crippen LogP contribution < -0.4 is 14.8 Å². The van der Waals surface area contributed by atoms with Crippen LogP contribution in [0.5, 0.6) is 11.5 Å². The first-order valence-electron chi connectivity index (χ1n) is 10.1. The van der Waals surface area contributed by atoms with Crippen molar-refractivity contribution in [2.45, 2.75) is 36.4 Å². The van der Waals surface area contributed by atoms with Crippen LogP contribution in [0.2, 0.25) is 0 Å². The lowest BCUT2D eigenvalue weighted by molar-refractivity contribution is -0.527. The number of anilines is 1. The molecule has 0 radical (unpaired) electrons. The number of nitro groups is 1. The lowest BCUT2D eigenvalue weighted by Crippen LogP contribution is -2.50. The van der Waals surface area contributed by atoms with Gasteiger partial charge in [0, 0.05) is 28.3 Å². The Kier molecular flexibility index (Phi) is 4.21. The van der Waals surface area contributed by atoms with Crippen molar-refractivity contribution in [2.24, 2.45) is 0 Å². The van der Waals surface area contributed by atoms with E-state index in [1.54, 1.807) is 18.2 Å². The molecule has 5 rings (SSSR count). The van der Waals surface area contributed by atoms with Crippen molar-refractivity contribution in [2.75, 3.05) is 26.1 Å². The lowest BCUT2D eigenvalue weighted by atomic mass is 9.72. The lowest BCUT2D eigenvalue weighted by Gasteiger charge is -2.37. The summed E-state index contributed by atoms with van der Waals surface area (Å²) in [7, 11) is 3.07. The molecule has 0 aromatic heterocycles. The standard InChI is InChI=1S/C22H23N3O5/c1-29-16-10-5-11-17(30-2)18(16)19-20(25(27)28)15-9-6-12-24(15)22(19)13-7-3-4-8-14(13)23-21(22)26/h3-5,7-8,10-11,15,19-20H,6,9,12H2,1-2H3,(H,23,26)/t15?,19-,20+,22+/m0/s1. The van der Waals surface area contributed by atoms with Gasteiger partial charge in [-0.25, -0.2) is 0 Å². The van der Waals surface area contributed by atoms with Crippen molar-refractivity contribution in [1.82, 2.24) is 4.90 Å². The number of methoxy groups -OCH3 is 2. The van der Waals surface area contributed by atoms with Gasteiger partial charge < -0.3 is 14.8 Å². The van der Waals surface area contributed by atoms with Crippen LogP contribution in [0.4, 0.5) is 5.69 Å². The van der Waals surface area contributed by atoms with E-state index in [1.807, 2.05) is 24.3 Å². The van der Waals surface area contributed by atoms with E-state index in [-0.39, 0.29) is 16.9 Å². The molecule has 8 nitrogen and oxygen atoms in total. The maximum Gasteiger partial charge on any atom is 0.250 e. The summed E-state index contributed by atoms with van der Waals surface area (Å²) >= 11 is 0. The van der Waals surface area contributed by atoms with Gasteiger partial charge in [0.25, 0.3) is 5.91 Å². The molecular formula is C22H23N3O5. The van der Waals surface area contributed by atoms with Crippen molar-refractivity contribution in [3.8, 4) is 11.5 Å². The minimum absolute atomic E-state index is 0.220. The predicted molar refractivity (Wildman–Crippen MR) is 110 cm³/mol. The first kappa shape index (κ1) is 18.9. The Morgan fingerprint density at radius 2 is 1.83 bits per heavy atom. The molecule has 1 spiro atoms. The molecule has 8 heteroatoms. The molecule has 1 amide bonds. The number of carbonyl (C=O) groups is 1. The first-order chi connectivity index (χ1) is 14.6. The van der Waals surface area contributed by atoms with Crippen molar-refractivity contribution in [1.29, 1.82) is 0 Å². The fourth-order valence-corrected chi connectivity index (χ4v) is 5.92. The summed E-state index contributed by atoms with van der Waals surface area (Å²) in [5.41, 5.74) is 0.878. The Morgan fingerprint density at radius 1 is 1.13 bits per heavy atom. The molecule has 30 heavy (non-hydrogen) atoms. The second-order valence-corrected chi connectivity index (χ2v) is 8.00. The van der Waals surface area contributed by atoms with Crippen LogP contribution in [0.15, 0.2) is 42.5 Å². The number of benzene rings is 2. The molecule has 3 heterocycles. The minimum atomic E-state index is -1.18. The molecule has 4 atom stereocenters. The summed E-state index contributed by atoms with van der Waals surface area (Å²) in [4.78, 5) is 28.0. The molecule has 3 aliphatic heterocycles. The zero-order valence-electron chi connectivity index (χ0n) is 16.8. The molecule has 1 N–H and O–H groups in total. The molecule has 2 aromatic rings. The second kappa shape index (κ2) is 6.70. The van der Waals surface area contributed by atoms with Crippen LogP contribution in [0.25, 0.3) is 0 Å². The van der Waals surface area contributed by atoms with Crippen molar-refractivity contribution in [3.63, 3.8) is 0 Å². The molecule has 156 valence electrons. The van der Waals surface area contributed by atoms with E-state index in [0.717, 1.165) is 12.0 Å². The molecule has 3 aliphatic rings. The van der Waals surface area contributed by atoms with Gasteiger partial charge in [-0.15, -0.1) is 0 Å². The van der Waals surface area contributed by atoms with Crippen LogP contribution >= 0.6 is 0 Å². The Hall–Kier alpha value is -3.13. The maximum absolute atomic E-state index is 13.7. The van der Waals surface area contributed by atoms with E-state index in [2.05, 4.69) is 10.2 Å². The normalized spacial score (nSPS) is 29.5.